The summed E-state index contributed by atoms with van der Waals surface area (Å²) in [7, 11) is 0. The summed E-state index contributed by atoms with van der Waals surface area (Å²) in [6.07, 6.45) is 98.4. The van der Waals surface area contributed by atoms with E-state index in [-0.39, 0.29) is 18.5 Å². The third-order valence-electron chi connectivity index (χ3n) is 19.0. The number of carbonyl (C=O) groups excluding carboxylic acids is 2. The van der Waals surface area contributed by atoms with E-state index in [1.807, 2.05) is 0 Å². The van der Waals surface area contributed by atoms with Gasteiger partial charge in [0.2, 0.25) is 5.91 Å². The van der Waals surface area contributed by atoms with E-state index in [4.69, 9.17) is 4.74 Å². The highest BCUT2D eigenvalue weighted by Gasteiger charge is 2.20. The maximum Gasteiger partial charge on any atom is 0.305 e. The second-order valence-corrected chi connectivity index (χ2v) is 27.7. The molecule has 0 fully saturated rings. The van der Waals surface area contributed by atoms with Crippen LogP contribution in [0.4, 0.5) is 0 Å². The summed E-state index contributed by atoms with van der Waals surface area (Å²) in [6.45, 7) is 5.00. The van der Waals surface area contributed by atoms with Crippen molar-refractivity contribution in [3.63, 3.8) is 0 Å². The highest BCUT2D eigenvalue weighted by Crippen LogP contribution is 2.20. The van der Waals surface area contributed by atoms with Crippen molar-refractivity contribution in [2.75, 3.05) is 13.2 Å². The first-order valence-corrected chi connectivity index (χ1v) is 40.1. The number of aliphatic hydroxyl groups is 2. The number of hydrogen-bond acceptors (Lipinski definition) is 5. The minimum absolute atomic E-state index is 0.0155. The van der Waals surface area contributed by atoms with Gasteiger partial charge in [0.25, 0.3) is 0 Å². The molecule has 6 nitrogen and oxygen atoms in total. The highest BCUT2D eigenvalue weighted by molar-refractivity contribution is 5.76. The van der Waals surface area contributed by atoms with Crippen LogP contribution >= 0.6 is 0 Å². The predicted molar refractivity (Wildman–Crippen MR) is 384 cm³/mol. The molecule has 516 valence electrons. The van der Waals surface area contributed by atoms with Gasteiger partial charge in [0, 0.05) is 12.8 Å². The normalized spacial score (nSPS) is 12.6. The minimum atomic E-state index is -0.664. The van der Waals surface area contributed by atoms with Crippen molar-refractivity contribution in [2.24, 2.45) is 0 Å². The zero-order valence-corrected chi connectivity index (χ0v) is 59.3. The van der Waals surface area contributed by atoms with E-state index in [9.17, 15) is 19.8 Å². The van der Waals surface area contributed by atoms with E-state index in [1.54, 1.807) is 0 Å². The van der Waals surface area contributed by atoms with Crippen molar-refractivity contribution in [3.05, 3.63) is 24.3 Å². The number of nitrogens with one attached hydrogen (secondary N) is 1. The van der Waals surface area contributed by atoms with Gasteiger partial charge in [-0.2, -0.15) is 0 Å². The molecule has 6 heteroatoms. The minimum Gasteiger partial charge on any atom is -0.466 e. The van der Waals surface area contributed by atoms with Crippen molar-refractivity contribution in [1.82, 2.24) is 5.32 Å². The number of unbranched alkanes of at least 4 members (excludes halogenated alkanes) is 61. The summed E-state index contributed by atoms with van der Waals surface area (Å²) in [5.74, 6) is -0.0119. The summed E-state index contributed by atoms with van der Waals surface area (Å²) >= 11 is 0. The van der Waals surface area contributed by atoms with Gasteiger partial charge in [-0.15, -0.1) is 0 Å². The van der Waals surface area contributed by atoms with Crippen molar-refractivity contribution in [2.45, 2.75) is 469 Å². The highest BCUT2D eigenvalue weighted by atomic mass is 16.5. The van der Waals surface area contributed by atoms with Crippen molar-refractivity contribution >= 4 is 11.9 Å². The van der Waals surface area contributed by atoms with Crippen molar-refractivity contribution in [1.29, 1.82) is 0 Å². The average molecular weight is 1230 g/mol. The second kappa shape index (κ2) is 76.8. The lowest BCUT2D eigenvalue weighted by atomic mass is 10.0. The van der Waals surface area contributed by atoms with Gasteiger partial charge < -0.3 is 20.3 Å². The molecule has 2 unspecified atom stereocenters. The third kappa shape index (κ3) is 73.3. The number of allylic oxidation sites excluding steroid dienone is 4. The Morgan fingerprint density at radius 3 is 0.816 bits per heavy atom. The molecule has 0 aromatic rings. The molecule has 0 saturated carbocycles. The Kier molecular flexibility index (Phi) is 75.3. The fourth-order valence-corrected chi connectivity index (χ4v) is 12.9. The SMILES string of the molecule is CCCCCCCC/C=C\CCCCCCCCCC(=O)OCCCCCCCCCCCCCC/C=C\CCCCCCCCCCCCCCCCCC(=O)NC(CO)C(O)CCCCCCCCCCCCCCCCCCCCCCCC. The lowest BCUT2D eigenvalue weighted by molar-refractivity contribution is -0.143. The van der Waals surface area contributed by atoms with Gasteiger partial charge in [-0.1, -0.05) is 391 Å². The molecule has 1 amide bonds. The molecule has 0 aromatic heterocycles. The number of aliphatic hydroxyl groups excluding tert-OH is 2. The van der Waals surface area contributed by atoms with Crippen LogP contribution in [0.1, 0.15) is 457 Å². The summed E-state index contributed by atoms with van der Waals surface area (Å²) in [6, 6.07) is -0.541. The Morgan fingerprint density at radius 1 is 0.310 bits per heavy atom. The first kappa shape index (κ1) is 85.3. The second-order valence-electron chi connectivity index (χ2n) is 27.7. The molecule has 0 aliphatic heterocycles. The first-order chi connectivity index (χ1) is 43.0. The van der Waals surface area contributed by atoms with Crippen LogP contribution in [0.2, 0.25) is 0 Å². The zero-order chi connectivity index (χ0) is 62.8. The van der Waals surface area contributed by atoms with Crippen molar-refractivity contribution < 1.29 is 24.5 Å². The fourth-order valence-electron chi connectivity index (χ4n) is 12.9. The lowest BCUT2D eigenvalue weighted by Crippen LogP contribution is -2.45. The van der Waals surface area contributed by atoms with E-state index in [0.29, 0.717) is 25.9 Å². The van der Waals surface area contributed by atoms with Crippen molar-refractivity contribution in [3.8, 4) is 0 Å². The van der Waals surface area contributed by atoms with E-state index in [1.165, 1.54) is 379 Å². The van der Waals surface area contributed by atoms with Crippen LogP contribution in [0.15, 0.2) is 24.3 Å². The van der Waals surface area contributed by atoms with E-state index in [2.05, 4.69) is 43.5 Å². The summed E-state index contributed by atoms with van der Waals surface area (Å²) in [4.78, 5) is 24.7. The molecule has 0 aliphatic rings. The largest absolute Gasteiger partial charge is 0.466 e. The first-order valence-electron chi connectivity index (χ1n) is 40.1. The average Bonchev–Trinajstić information content (AvgIpc) is 3.53. The summed E-state index contributed by atoms with van der Waals surface area (Å²) in [5, 5.41) is 23.5. The van der Waals surface area contributed by atoms with Crippen LogP contribution in [0.5, 0.6) is 0 Å². The van der Waals surface area contributed by atoms with Gasteiger partial charge in [0.05, 0.1) is 25.4 Å². The summed E-state index contributed by atoms with van der Waals surface area (Å²) in [5.41, 5.74) is 0. The zero-order valence-electron chi connectivity index (χ0n) is 59.3. The topological polar surface area (TPSA) is 95.9 Å². The number of hydrogen-bond donors (Lipinski definition) is 3. The smallest absolute Gasteiger partial charge is 0.305 e. The monoisotopic (exact) mass is 1220 g/mol. The molecule has 2 atom stereocenters. The Balaban J connectivity index is 3.35. The van der Waals surface area contributed by atoms with E-state index >= 15 is 0 Å². The maximum atomic E-state index is 12.6. The van der Waals surface area contributed by atoms with Crippen LogP contribution in [0, 0.1) is 0 Å². The lowest BCUT2D eigenvalue weighted by Gasteiger charge is -2.22. The fraction of sp³-hybridized carbons (Fsp3) is 0.926. The molecule has 0 aromatic carbocycles. The molecule has 0 heterocycles. The Hall–Kier alpha value is -1.66. The molecule has 87 heavy (non-hydrogen) atoms. The van der Waals surface area contributed by atoms with Gasteiger partial charge in [0.15, 0.2) is 0 Å². The van der Waals surface area contributed by atoms with Crippen LogP contribution in [-0.4, -0.2) is 47.4 Å². The van der Waals surface area contributed by atoms with Crippen LogP contribution in [0.25, 0.3) is 0 Å². The molecule has 0 spiro atoms. The van der Waals surface area contributed by atoms with Gasteiger partial charge in [-0.05, 0) is 77.0 Å². The Labute approximate surface area is 545 Å². The third-order valence-corrected chi connectivity index (χ3v) is 19.0. The number of rotatable bonds is 76. The Morgan fingerprint density at radius 2 is 0.540 bits per heavy atom. The van der Waals surface area contributed by atoms with Gasteiger partial charge >= 0.3 is 5.97 Å². The van der Waals surface area contributed by atoms with E-state index < -0.39 is 12.1 Å². The van der Waals surface area contributed by atoms with Crippen LogP contribution < -0.4 is 5.32 Å². The number of amides is 1. The standard InChI is InChI=1S/C81H157NO5/c1-3-5-7-9-11-13-15-17-19-21-22-23-35-38-42-45-49-53-57-61-65-69-73-79(84)78(77-83)82-80(85)74-70-66-62-58-54-50-46-43-39-36-33-31-29-27-25-24-26-28-30-32-34-37-40-44-48-52-56-60-64-68-72-76-87-81(86)75-71-67-63-59-55-51-47-41-20-18-16-14-12-10-8-6-4-2/h18,20,26,28,78-79,83-84H,3-17,19,21-25,27,29-77H2,1-2H3,(H,82,85)/b20-18-,28-26-. The quantitative estimate of drug-likeness (QED) is 0.0320. The van der Waals surface area contributed by atoms with Gasteiger partial charge in [-0.3, -0.25) is 9.59 Å². The maximum absolute atomic E-state index is 12.6. The molecular formula is C81H157NO5. The number of ether oxygens (including phenoxy) is 1. The number of esters is 1. The molecule has 0 bridgehead atoms. The molecular weight excluding hydrogens is 1070 g/mol. The molecule has 0 saturated heterocycles. The van der Waals surface area contributed by atoms with E-state index in [0.717, 1.165) is 44.9 Å². The Bertz CT molecular complexity index is 1360. The van der Waals surface area contributed by atoms with Crippen LogP contribution in [0.3, 0.4) is 0 Å². The predicted octanol–water partition coefficient (Wildman–Crippen LogP) is 26.4. The molecule has 3 N–H and O–H groups in total. The molecule has 0 aliphatic carbocycles. The van der Waals surface area contributed by atoms with Crippen LogP contribution in [-0.2, 0) is 14.3 Å². The summed E-state index contributed by atoms with van der Waals surface area (Å²) < 4.78 is 5.51. The molecule has 0 rings (SSSR count). The molecule has 0 radical (unpaired) electrons. The van der Waals surface area contributed by atoms with Gasteiger partial charge in [-0.25, -0.2) is 0 Å². The number of carbonyl (C=O) groups is 2. The van der Waals surface area contributed by atoms with Gasteiger partial charge in [0.1, 0.15) is 0 Å².